The van der Waals surface area contributed by atoms with Crippen LogP contribution >= 0.6 is 0 Å². The molecule has 3 nitrogen and oxygen atoms in total. The van der Waals surface area contributed by atoms with Gasteiger partial charge in [-0.3, -0.25) is 0 Å². The van der Waals surface area contributed by atoms with E-state index in [0.29, 0.717) is 5.92 Å². The molecule has 1 atom stereocenters. The van der Waals surface area contributed by atoms with E-state index in [9.17, 15) is 0 Å². The zero-order valence-corrected chi connectivity index (χ0v) is 19.1. The highest BCUT2D eigenvalue weighted by molar-refractivity contribution is 5.67. The third kappa shape index (κ3) is 5.08. The van der Waals surface area contributed by atoms with Crippen LogP contribution in [-0.4, -0.2) is 12.7 Å². The molecule has 0 fully saturated rings. The second-order valence-electron chi connectivity index (χ2n) is 8.71. The van der Waals surface area contributed by atoms with E-state index in [4.69, 9.17) is 9.47 Å². The molecule has 0 aliphatic carbocycles. The monoisotopic (exact) mass is 405 g/mol. The van der Waals surface area contributed by atoms with E-state index < -0.39 is 0 Å². The summed E-state index contributed by atoms with van der Waals surface area (Å²) in [6.07, 6.45) is 7.80. The van der Waals surface area contributed by atoms with Gasteiger partial charge in [0.15, 0.2) is 11.5 Å². The van der Waals surface area contributed by atoms with Gasteiger partial charge in [0.2, 0.25) is 0 Å². The maximum atomic E-state index is 6.17. The van der Waals surface area contributed by atoms with Crippen LogP contribution < -0.4 is 14.4 Å². The first-order valence-electron chi connectivity index (χ1n) is 10.9. The van der Waals surface area contributed by atoms with Crippen LogP contribution in [0.4, 0.5) is 5.69 Å². The molecule has 0 saturated carbocycles. The number of nitrogens with zero attached hydrogens (tertiary/aromatic N) is 1. The summed E-state index contributed by atoms with van der Waals surface area (Å²) in [6, 6.07) is 14.8. The first-order valence-corrected chi connectivity index (χ1v) is 10.9. The molecule has 0 amide bonds. The molecule has 1 heterocycles. The normalized spacial score (nSPS) is 15.1. The van der Waals surface area contributed by atoms with Gasteiger partial charge in [-0.15, -0.1) is 0 Å². The van der Waals surface area contributed by atoms with E-state index in [-0.39, 0.29) is 5.60 Å². The molecule has 0 saturated heterocycles. The number of allylic oxidation sites excluding steroid dienone is 1. The number of hydrogen-bond donors (Lipinski definition) is 0. The molecule has 0 N–H and O–H groups in total. The zero-order chi connectivity index (χ0) is 21.7. The predicted molar refractivity (Wildman–Crippen MR) is 127 cm³/mol. The van der Waals surface area contributed by atoms with Crippen LogP contribution in [0.25, 0.3) is 6.08 Å². The van der Waals surface area contributed by atoms with Crippen molar-refractivity contribution < 1.29 is 9.47 Å². The minimum atomic E-state index is -0.332. The fourth-order valence-corrected chi connectivity index (χ4v) is 3.84. The SMILES string of the molecule is C=C(C(C)CCCC)N(Cc1cc2c(c(OC)c1)OC(C)(C)C=C2)c1ccccc1. The molecular weight excluding hydrogens is 370 g/mol. The predicted octanol–water partition coefficient (Wildman–Crippen LogP) is 7.23. The van der Waals surface area contributed by atoms with Crippen molar-refractivity contribution in [1.29, 1.82) is 0 Å². The standard InChI is InChI=1S/C27H35NO2/c1-7-8-12-20(2)21(3)28(24-13-10-9-11-14-24)19-22-17-23-15-16-27(4,5)30-26(23)25(18-22)29-6/h9-11,13-18,20H,3,7-8,12,19H2,1-2,4-6H3. The lowest BCUT2D eigenvalue weighted by Crippen LogP contribution is -2.28. The van der Waals surface area contributed by atoms with Gasteiger partial charge in [0, 0.05) is 23.5 Å². The summed E-state index contributed by atoms with van der Waals surface area (Å²) in [4.78, 5) is 2.33. The van der Waals surface area contributed by atoms with Crippen LogP contribution in [-0.2, 0) is 6.54 Å². The summed E-state index contributed by atoms with van der Waals surface area (Å²) >= 11 is 0. The molecule has 1 aliphatic heterocycles. The maximum absolute atomic E-state index is 6.17. The van der Waals surface area contributed by atoms with Gasteiger partial charge in [-0.25, -0.2) is 0 Å². The van der Waals surface area contributed by atoms with E-state index >= 15 is 0 Å². The van der Waals surface area contributed by atoms with Crippen molar-refractivity contribution in [2.24, 2.45) is 5.92 Å². The first kappa shape index (κ1) is 22.0. The Kier molecular flexibility index (Phi) is 6.91. The number of unbranched alkanes of at least 4 members (excludes halogenated alkanes) is 1. The molecule has 160 valence electrons. The third-order valence-electron chi connectivity index (χ3n) is 5.71. The van der Waals surface area contributed by atoms with Gasteiger partial charge in [0.05, 0.1) is 7.11 Å². The maximum Gasteiger partial charge on any atom is 0.169 e. The fourth-order valence-electron chi connectivity index (χ4n) is 3.84. The van der Waals surface area contributed by atoms with Crippen molar-refractivity contribution in [2.45, 2.75) is 59.1 Å². The third-order valence-corrected chi connectivity index (χ3v) is 5.71. The van der Waals surface area contributed by atoms with Crippen molar-refractivity contribution >= 4 is 11.8 Å². The molecule has 30 heavy (non-hydrogen) atoms. The van der Waals surface area contributed by atoms with Crippen LogP contribution in [0.2, 0.25) is 0 Å². The highest BCUT2D eigenvalue weighted by atomic mass is 16.5. The average Bonchev–Trinajstić information content (AvgIpc) is 2.75. The lowest BCUT2D eigenvalue weighted by Gasteiger charge is -2.32. The Morgan fingerprint density at radius 2 is 1.93 bits per heavy atom. The van der Waals surface area contributed by atoms with E-state index in [1.54, 1.807) is 7.11 Å². The van der Waals surface area contributed by atoms with Crippen LogP contribution in [0.15, 0.2) is 60.8 Å². The van der Waals surface area contributed by atoms with E-state index in [1.807, 2.05) is 0 Å². The van der Waals surface area contributed by atoms with Crippen molar-refractivity contribution in [3.8, 4) is 11.5 Å². The molecule has 1 unspecified atom stereocenters. The smallest absolute Gasteiger partial charge is 0.169 e. The number of anilines is 1. The second-order valence-corrected chi connectivity index (χ2v) is 8.71. The summed E-state index contributed by atoms with van der Waals surface area (Å²) < 4.78 is 11.9. The van der Waals surface area contributed by atoms with Gasteiger partial charge < -0.3 is 14.4 Å². The molecule has 2 aromatic rings. The molecular formula is C27H35NO2. The number of rotatable bonds is 9. The van der Waals surface area contributed by atoms with Gasteiger partial charge in [-0.05, 0) is 62.1 Å². The number of ether oxygens (including phenoxy) is 2. The summed E-state index contributed by atoms with van der Waals surface area (Å²) in [5.41, 5.74) is 4.21. The first-order chi connectivity index (χ1) is 14.3. The van der Waals surface area contributed by atoms with Gasteiger partial charge in [0.25, 0.3) is 0 Å². The Balaban J connectivity index is 1.94. The lowest BCUT2D eigenvalue weighted by atomic mass is 9.98. The minimum Gasteiger partial charge on any atom is -0.493 e. The van der Waals surface area contributed by atoms with Crippen molar-refractivity contribution in [3.05, 3.63) is 71.9 Å². The van der Waals surface area contributed by atoms with Crippen LogP contribution in [0.3, 0.4) is 0 Å². The van der Waals surface area contributed by atoms with Gasteiger partial charge in [0.1, 0.15) is 5.60 Å². The van der Waals surface area contributed by atoms with Crippen LogP contribution in [0.1, 0.15) is 58.1 Å². The largest absolute Gasteiger partial charge is 0.493 e. The van der Waals surface area contributed by atoms with Crippen molar-refractivity contribution in [3.63, 3.8) is 0 Å². The summed E-state index contributed by atoms with van der Waals surface area (Å²) in [6.45, 7) is 13.8. The molecule has 3 rings (SSSR count). The quantitative estimate of drug-likeness (QED) is 0.439. The van der Waals surface area contributed by atoms with Crippen molar-refractivity contribution in [1.82, 2.24) is 0 Å². The van der Waals surface area contributed by atoms with Crippen LogP contribution in [0, 0.1) is 5.92 Å². The highest BCUT2D eigenvalue weighted by Crippen LogP contribution is 2.40. The molecule has 0 aromatic heterocycles. The number of hydrogen-bond acceptors (Lipinski definition) is 3. The fraction of sp³-hybridized carbons (Fsp3) is 0.407. The van der Waals surface area contributed by atoms with Crippen molar-refractivity contribution in [2.75, 3.05) is 12.0 Å². The zero-order valence-electron chi connectivity index (χ0n) is 19.1. The molecule has 3 heteroatoms. The highest BCUT2D eigenvalue weighted by Gasteiger charge is 2.26. The Hall–Kier alpha value is -2.68. The molecule has 0 radical (unpaired) electrons. The summed E-state index contributed by atoms with van der Waals surface area (Å²) in [5.74, 6) is 2.02. The number of methoxy groups -OCH3 is 1. The summed E-state index contributed by atoms with van der Waals surface area (Å²) in [5, 5.41) is 0. The average molecular weight is 406 g/mol. The Bertz CT molecular complexity index is 899. The van der Waals surface area contributed by atoms with E-state index in [0.717, 1.165) is 41.4 Å². The van der Waals surface area contributed by atoms with Gasteiger partial charge in [-0.1, -0.05) is 57.5 Å². The molecule has 1 aliphatic rings. The Labute approximate surface area is 182 Å². The number of benzene rings is 2. The topological polar surface area (TPSA) is 21.7 Å². The summed E-state index contributed by atoms with van der Waals surface area (Å²) in [7, 11) is 1.70. The molecule has 0 spiro atoms. The van der Waals surface area contributed by atoms with Gasteiger partial charge in [-0.2, -0.15) is 0 Å². The van der Waals surface area contributed by atoms with Gasteiger partial charge >= 0.3 is 0 Å². The lowest BCUT2D eigenvalue weighted by molar-refractivity contribution is 0.152. The minimum absolute atomic E-state index is 0.332. The number of para-hydroxylation sites is 1. The van der Waals surface area contributed by atoms with Crippen LogP contribution in [0.5, 0.6) is 11.5 Å². The molecule has 0 bridgehead atoms. The Morgan fingerprint density at radius 1 is 1.20 bits per heavy atom. The van der Waals surface area contributed by atoms with E-state index in [1.165, 1.54) is 18.4 Å². The van der Waals surface area contributed by atoms with E-state index in [2.05, 4.69) is 93.8 Å². The Morgan fingerprint density at radius 3 is 2.60 bits per heavy atom. The molecule has 2 aromatic carbocycles. The second kappa shape index (κ2) is 9.42. The number of fused-ring (bicyclic) bond motifs is 1.